The fourth-order valence-corrected chi connectivity index (χ4v) is 3.42. The SMILES string of the molecule is CSC1(NC(=O)N(COc2ccc(C(C)(C)C)cc2)c2ncncn2)C=CN=CC1. The standard InChI is InChI=1S/C21H26N6O2S/c1-20(2,3)16-5-7-17(8-6-16)29-15-27(18-24-13-23-14-25-18)19(28)26-21(30-4)9-11-22-12-10-21/h5-9,11-14H,10,15H2,1-4H3,(H,26,28). The van der Waals surface area contributed by atoms with Crippen LogP contribution in [0.3, 0.4) is 0 Å². The molecule has 8 nitrogen and oxygen atoms in total. The van der Waals surface area contributed by atoms with Crippen LogP contribution in [0, 0.1) is 0 Å². The number of hydrogen-bond donors (Lipinski definition) is 1. The van der Waals surface area contributed by atoms with Crippen LogP contribution in [0.15, 0.2) is 54.2 Å². The molecule has 2 aromatic rings. The Bertz CT molecular complexity index is 911. The molecule has 9 heteroatoms. The zero-order chi connectivity index (χ0) is 21.6. The number of urea groups is 1. The lowest BCUT2D eigenvalue weighted by Gasteiger charge is -2.32. The van der Waals surface area contributed by atoms with Crippen LogP contribution >= 0.6 is 11.8 Å². The molecule has 1 unspecified atom stereocenters. The van der Waals surface area contributed by atoms with Crippen molar-refractivity contribution in [2.24, 2.45) is 4.99 Å². The predicted octanol–water partition coefficient (Wildman–Crippen LogP) is 3.77. The highest BCUT2D eigenvalue weighted by atomic mass is 32.2. The Morgan fingerprint density at radius 2 is 1.93 bits per heavy atom. The summed E-state index contributed by atoms with van der Waals surface area (Å²) < 4.78 is 5.88. The zero-order valence-corrected chi connectivity index (χ0v) is 18.4. The molecule has 1 N–H and O–H groups in total. The third-order valence-corrected chi connectivity index (χ3v) is 5.79. The highest BCUT2D eigenvalue weighted by Crippen LogP contribution is 2.28. The lowest BCUT2D eigenvalue weighted by atomic mass is 9.87. The van der Waals surface area contributed by atoms with E-state index in [4.69, 9.17) is 4.74 Å². The molecule has 1 aromatic carbocycles. The Balaban J connectivity index is 1.75. The predicted molar refractivity (Wildman–Crippen MR) is 120 cm³/mol. The molecule has 1 aromatic heterocycles. The molecule has 3 rings (SSSR count). The van der Waals surface area contributed by atoms with E-state index in [0.29, 0.717) is 12.2 Å². The molecule has 0 saturated carbocycles. The van der Waals surface area contributed by atoms with E-state index in [9.17, 15) is 4.79 Å². The number of aliphatic imine (C=N–C) groups is 1. The number of ether oxygens (including phenoxy) is 1. The third kappa shape index (κ3) is 5.35. The number of carbonyl (C=O) groups excluding carboxylic acids is 1. The number of nitrogens with zero attached hydrogens (tertiary/aromatic N) is 5. The van der Waals surface area contributed by atoms with Gasteiger partial charge in [0.2, 0.25) is 5.95 Å². The summed E-state index contributed by atoms with van der Waals surface area (Å²) in [5, 5.41) is 3.04. The van der Waals surface area contributed by atoms with Crippen LogP contribution in [0.4, 0.5) is 10.7 Å². The fourth-order valence-electron chi connectivity index (χ4n) is 2.79. The minimum absolute atomic E-state index is 0.0486. The van der Waals surface area contributed by atoms with Crippen molar-refractivity contribution in [2.45, 2.75) is 37.5 Å². The molecule has 1 atom stereocenters. The molecule has 0 radical (unpaired) electrons. The second-order valence-electron chi connectivity index (χ2n) is 7.79. The topological polar surface area (TPSA) is 92.6 Å². The van der Waals surface area contributed by atoms with Crippen LogP contribution < -0.4 is 15.0 Å². The van der Waals surface area contributed by atoms with Gasteiger partial charge in [-0.05, 0) is 35.4 Å². The molecular weight excluding hydrogens is 400 g/mol. The average Bonchev–Trinajstić information content (AvgIpc) is 2.75. The molecule has 0 fully saturated rings. The first-order chi connectivity index (χ1) is 14.3. The van der Waals surface area contributed by atoms with Crippen molar-refractivity contribution in [3.05, 3.63) is 54.8 Å². The minimum atomic E-state index is -0.585. The smallest absolute Gasteiger partial charge is 0.328 e. The van der Waals surface area contributed by atoms with Crippen LogP contribution in [-0.4, -0.2) is 45.1 Å². The van der Waals surface area contributed by atoms with Crippen LogP contribution in [0.5, 0.6) is 5.75 Å². The summed E-state index contributed by atoms with van der Waals surface area (Å²) in [5.41, 5.74) is 1.26. The maximum absolute atomic E-state index is 13.1. The molecule has 0 spiro atoms. The summed E-state index contributed by atoms with van der Waals surface area (Å²) in [7, 11) is 0. The summed E-state index contributed by atoms with van der Waals surface area (Å²) in [6, 6.07) is 7.47. The number of rotatable bonds is 6. The van der Waals surface area contributed by atoms with Gasteiger partial charge in [0.25, 0.3) is 0 Å². The molecule has 30 heavy (non-hydrogen) atoms. The second-order valence-corrected chi connectivity index (χ2v) is 8.93. The van der Waals surface area contributed by atoms with Crippen molar-refractivity contribution in [3.8, 4) is 5.75 Å². The van der Waals surface area contributed by atoms with E-state index in [1.807, 2.05) is 36.6 Å². The second kappa shape index (κ2) is 9.25. The van der Waals surface area contributed by atoms with Gasteiger partial charge in [0, 0.05) is 18.8 Å². The van der Waals surface area contributed by atoms with Gasteiger partial charge in [-0.3, -0.25) is 4.99 Å². The van der Waals surface area contributed by atoms with Crippen molar-refractivity contribution < 1.29 is 9.53 Å². The van der Waals surface area contributed by atoms with Gasteiger partial charge < -0.3 is 10.1 Å². The van der Waals surface area contributed by atoms with E-state index in [2.05, 4.69) is 46.0 Å². The average molecular weight is 427 g/mol. The first kappa shape index (κ1) is 21.8. The van der Waals surface area contributed by atoms with E-state index in [1.165, 1.54) is 34.9 Å². The van der Waals surface area contributed by atoms with Gasteiger partial charge in [-0.15, -0.1) is 11.8 Å². The number of carbonyl (C=O) groups is 1. The summed E-state index contributed by atoms with van der Waals surface area (Å²) in [4.78, 5) is 30.0. The van der Waals surface area contributed by atoms with Gasteiger partial charge in [-0.25, -0.2) is 24.6 Å². The van der Waals surface area contributed by atoms with Crippen molar-refractivity contribution >= 4 is 30.0 Å². The Kier molecular flexibility index (Phi) is 6.71. The number of aromatic nitrogens is 3. The molecule has 2 heterocycles. The molecule has 0 saturated heterocycles. The molecule has 2 amide bonds. The Morgan fingerprint density at radius 3 is 2.50 bits per heavy atom. The summed E-state index contributed by atoms with van der Waals surface area (Å²) in [5.74, 6) is 0.859. The molecule has 1 aliphatic heterocycles. The lowest BCUT2D eigenvalue weighted by Crippen LogP contribution is -2.52. The van der Waals surface area contributed by atoms with Crippen molar-refractivity contribution in [1.29, 1.82) is 0 Å². The summed E-state index contributed by atoms with van der Waals surface area (Å²) >= 11 is 1.52. The molecule has 0 aliphatic carbocycles. The Morgan fingerprint density at radius 1 is 1.23 bits per heavy atom. The molecule has 0 bridgehead atoms. The van der Waals surface area contributed by atoms with E-state index in [1.54, 1.807) is 12.4 Å². The number of amides is 2. The number of hydrogen-bond acceptors (Lipinski definition) is 7. The Hall–Kier alpha value is -2.94. The van der Waals surface area contributed by atoms with Gasteiger partial charge in [-0.2, -0.15) is 0 Å². The van der Waals surface area contributed by atoms with Gasteiger partial charge in [-0.1, -0.05) is 32.9 Å². The number of benzene rings is 1. The maximum atomic E-state index is 13.1. The number of anilines is 1. The monoisotopic (exact) mass is 426 g/mol. The highest BCUT2D eigenvalue weighted by Gasteiger charge is 2.32. The summed E-state index contributed by atoms with van der Waals surface area (Å²) in [6.07, 6.45) is 10.5. The lowest BCUT2D eigenvalue weighted by molar-refractivity contribution is 0.232. The van der Waals surface area contributed by atoms with Gasteiger partial charge in [0.15, 0.2) is 6.73 Å². The van der Waals surface area contributed by atoms with Crippen LogP contribution in [-0.2, 0) is 5.41 Å². The van der Waals surface area contributed by atoms with E-state index in [0.717, 1.165) is 0 Å². The molecular formula is C21H26N6O2S. The Labute approximate surface area is 180 Å². The van der Waals surface area contributed by atoms with E-state index < -0.39 is 4.87 Å². The molecule has 158 valence electrons. The van der Waals surface area contributed by atoms with Crippen LogP contribution in [0.2, 0.25) is 0 Å². The van der Waals surface area contributed by atoms with Crippen molar-refractivity contribution in [3.63, 3.8) is 0 Å². The molecule has 1 aliphatic rings. The fraction of sp³-hybridized carbons (Fsp3) is 0.381. The number of thioether (sulfide) groups is 1. The zero-order valence-electron chi connectivity index (χ0n) is 17.6. The third-order valence-electron chi connectivity index (χ3n) is 4.66. The first-order valence-electron chi connectivity index (χ1n) is 9.52. The van der Waals surface area contributed by atoms with Crippen LogP contribution in [0.1, 0.15) is 32.8 Å². The summed E-state index contributed by atoms with van der Waals surface area (Å²) in [6.45, 7) is 6.41. The largest absolute Gasteiger partial charge is 0.472 e. The first-order valence-corrected chi connectivity index (χ1v) is 10.7. The minimum Gasteiger partial charge on any atom is -0.472 e. The number of nitrogens with one attached hydrogen (secondary N) is 1. The van der Waals surface area contributed by atoms with Crippen LogP contribution in [0.25, 0.3) is 0 Å². The van der Waals surface area contributed by atoms with Gasteiger partial charge >= 0.3 is 6.03 Å². The highest BCUT2D eigenvalue weighted by molar-refractivity contribution is 8.00. The van der Waals surface area contributed by atoms with E-state index >= 15 is 0 Å². The van der Waals surface area contributed by atoms with E-state index in [-0.39, 0.29) is 24.1 Å². The quantitative estimate of drug-likeness (QED) is 0.707. The normalized spacial score (nSPS) is 18.1. The van der Waals surface area contributed by atoms with Gasteiger partial charge in [0.1, 0.15) is 23.3 Å². The van der Waals surface area contributed by atoms with Gasteiger partial charge in [0.05, 0.1) is 0 Å². The van der Waals surface area contributed by atoms with Crippen molar-refractivity contribution in [1.82, 2.24) is 20.3 Å². The van der Waals surface area contributed by atoms with Crippen molar-refractivity contribution in [2.75, 3.05) is 17.9 Å². The maximum Gasteiger partial charge on any atom is 0.328 e.